The number of nitrogen functional groups attached to an aromatic ring is 1. The highest BCUT2D eigenvalue weighted by atomic mass is 16.5. The summed E-state index contributed by atoms with van der Waals surface area (Å²) in [5.74, 6) is 2.51. The van der Waals surface area contributed by atoms with Crippen LogP contribution >= 0.6 is 0 Å². The van der Waals surface area contributed by atoms with Gasteiger partial charge >= 0.3 is 0 Å². The van der Waals surface area contributed by atoms with Gasteiger partial charge in [-0.15, -0.1) is 6.42 Å². The third kappa shape index (κ3) is 2.45. The standard InChI is InChI=1S/C12H14N2O2/c1-4-8(2)14-12(15)11-9(13)6-5-7-10(11)16-3/h1,5-8H,13H2,2-3H3,(H,14,15). The van der Waals surface area contributed by atoms with Crippen molar-refractivity contribution < 1.29 is 9.53 Å². The van der Waals surface area contributed by atoms with Crippen LogP contribution in [0, 0.1) is 12.3 Å². The maximum atomic E-state index is 11.8. The Hall–Kier alpha value is -2.15. The summed E-state index contributed by atoms with van der Waals surface area (Å²) < 4.78 is 5.07. The predicted octanol–water partition coefficient (Wildman–Crippen LogP) is 1.03. The average Bonchev–Trinajstić information content (AvgIpc) is 2.28. The quantitative estimate of drug-likeness (QED) is 0.588. The first-order valence-electron chi connectivity index (χ1n) is 4.79. The van der Waals surface area contributed by atoms with Crippen LogP contribution in [0.5, 0.6) is 5.75 Å². The number of carbonyl (C=O) groups excluding carboxylic acids is 1. The Kier molecular flexibility index (Phi) is 3.78. The van der Waals surface area contributed by atoms with Crippen LogP contribution in [0.1, 0.15) is 17.3 Å². The molecule has 1 aromatic carbocycles. The molecule has 0 heterocycles. The SMILES string of the molecule is C#CC(C)NC(=O)c1c(N)cccc1OC. The Bertz CT molecular complexity index is 435. The van der Waals surface area contributed by atoms with E-state index >= 15 is 0 Å². The molecule has 4 heteroatoms. The molecule has 0 radical (unpaired) electrons. The van der Waals surface area contributed by atoms with Crippen LogP contribution in [0.15, 0.2) is 18.2 Å². The molecule has 1 aromatic rings. The van der Waals surface area contributed by atoms with Gasteiger partial charge in [-0.25, -0.2) is 0 Å². The minimum absolute atomic E-state index is 0.312. The van der Waals surface area contributed by atoms with E-state index in [9.17, 15) is 4.79 Å². The number of anilines is 1. The van der Waals surface area contributed by atoms with Crippen molar-refractivity contribution in [1.29, 1.82) is 0 Å². The Labute approximate surface area is 94.8 Å². The molecule has 0 fully saturated rings. The van der Waals surface area contributed by atoms with Crippen LogP contribution in [-0.2, 0) is 0 Å². The van der Waals surface area contributed by atoms with Crippen molar-refractivity contribution in [2.45, 2.75) is 13.0 Å². The Morgan fingerprint density at radius 3 is 2.88 bits per heavy atom. The van der Waals surface area contributed by atoms with Crippen molar-refractivity contribution in [3.05, 3.63) is 23.8 Å². The van der Waals surface area contributed by atoms with Gasteiger partial charge in [-0.3, -0.25) is 4.79 Å². The molecule has 0 bridgehead atoms. The van der Waals surface area contributed by atoms with Gasteiger partial charge < -0.3 is 15.8 Å². The fourth-order valence-corrected chi connectivity index (χ4v) is 1.27. The molecule has 0 saturated carbocycles. The first kappa shape index (κ1) is 11.9. The van der Waals surface area contributed by atoms with Gasteiger partial charge in [0.15, 0.2) is 0 Å². The van der Waals surface area contributed by atoms with E-state index in [4.69, 9.17) is 16.9 Å². The van der Waals surface area contributed by atoms with Crippen LogP contribution in [0.25, 0.3) is 0 Å². The second-order valence-electron chi connectivity index (χ2n) is 3.29. The number of amides is 1. The molecule has 0 aliphatic carbocycles. The van der Waals surface area contributed by atoms with E-state index in [1.54, 1.807) is 25.1 Å². The predicted molar refractivity (Wildman–Crippen MR) is 63.2 cm³/mol. The summed E-state index contributed by atoms with van der Waals surface area (Å²) in [6, 6.07) is 4.68. The molecule has 0 saturated heterocycles. The van der Waals surface area contributed by atoms with Crippen molar-refractivity contribution in [3.63, 3.8) is 0 Å². The third-order valence-electron chi connectivity index (χ3n) is 2.10. The molecule has 3 N–H and O–H groups in total. The monoisotopic (exact) mass is 218 g/mol. The zero-order valence-electron chi connectivity index (χ0n) is 9.28. The summed E-state index contributed by atoms with van der Waals surface area (Å²) in [6.45, 7) is 1.71. The topological polar surface area (TPSA) is 64.4 Å². The van der Waals surface area contributed by atoms with Crippen molar-refractivity contribution >= 4 is 11.6 Å². The van der Waals surface area contributed by atoms with Gasteiger partial charge in [0.2, 0.25) is 0 Å². The van der Waals surface area contributed by atoms with Crippen molar-refractivity contribution in [2.75, 3.05) is 12.8 Å². The minimum atomic E-state index is -0.350. The van der Waals surface area contributed by atoms with Gasteiger partial charge in [-0.05, 0) is 19.1 Å². The van der Waals surface area contributed by atoms with E-state index in [-0.39, 0.29) is 11.9 Å². The van der Waals surface area contributed by atoms with Gasteiger partial charge in [0.05, 0.1) is 13.2 Å². The van der Waals surface area contributed by atoms with Crippen LogP contribution in [0.2, 0.25) is 0 Å². The molecule has 1 rings (SSSR count). The highest BCUT2D eigenvalue weighted by Crippen LogP contribution is 2.23. The fraction of sp³-hybridized carbons (Fsp3) is 0.250. The highest BCUT2D eigenvalue weighted by molar-refractivity contribution is 6.02. The minimum Gasteiger partial charge on any atom is -0.496 e. The molecule has 0 aromatic heterocycles. The van der Waals surface area contributed by atoms with E-state index in [1.807, 2.05) is 0 Å². The number of rotatable bonds is 3. The lowest BCUT2D eigenvalue weighted by atomic mass is 10.1. The number of nitrogens with one attached hydrogen (secondary N) is 1. The Balaban J connectivity index is 3.03. The summed E-state index contributed by atoms with van der Waals surface area (Å²) in [5.41, 5.74) is 6.40. The van der Waals surface area contributed by atoms with Crippen molar-refractivity contribution in [2.24, 2.45) is 0 Å². The smallest absolute Gasteiger partial charge is 0.258 e. The molecule has 0 aliphatic rings. The first-order chi connectivity index (χ1) is 7.60. The summed E-state index contributed by atoms with van der Waals surface area (Å²) in [6.07, 6.45) is 5.18. The number of hydrogen-bond donors (Lipinski definition) is 2. The maximum absolute atomic E-state index is 11.8. The Morgan fingerprint density at radius 1 is 1.62 bits per heavy atom. The van der Waals surface area contributed by atoms with E-state index in [1.165, 1.54) is 7.11 Å². The van der Waals surface area contributed by atoms with Gasteiger partial charge in [0.1, 0.15) is 11.3 Å². The summed E-state index contributed by atoms with van der Waals surface area (Å²) in [4.78, 5) is 11.8. The van der Waals surface area contributed by atoms with Crippen LogP contribution in [0.4, 0.5) is 5.69 Å². The van der Waals surface area contributed by atoms with Gasteiger partial charge in [0, 0.05) is 5.69 Å². The largest absolute Gasteiger partial charge is 0.496 e. The first-order valence-corrected chi connectivity index (χ1v) is 4.79. The van der Waals surface area contributed by atoms with E-state index < -0.39 is 0 Å². The normalized spacial score (nSPS) is 11.3. The molecular formula is C12H14N2O2. The van der Waals surface area contributed by atoms with Crippen molar-refractivity contribution in [1.82, 2.24) is 5.32 Å². The maximum Gasteiger partial charge on any atom is 0.258 e. The average molecular weight is 218 g/mol. The van der Waals surface area contributed by atoms with Gasteiger partial charge in [-0.1, -0.05) is 12.0 Å². The molecular weight excluding hydrogens is 204 g/mol. The number of ether oxygens (including phenoxy) is 1. The van der Waals surface area contributed by atoms with Crippen molar-refractivity contribution in [3.8, 4) is 18.1 Å². The van der Waals surface area contributed by atoms with E-state index in [0.717, 1.165) is 0 Å². The molecule has 1 atom stereocenters. The number of hydrogen-bond acceptors (Lipinski definition) is 3. The highest BCUT2D eigenvalue weighted by Gasteiger charge is 2.16. The number of methoxy groups -OCH3 is 1. The summed E-state index contributed by atoms with van der Waals surface area (Å²) >= 11 is 0. The molecule has 1 amide bonds. The third-order valence-corrected chi connectivity index (χ3v) is 2.10. The number of carbonyl (C=O) groups is 1. The molecule has 4 nitrogen and oxygen atoms in total. The fourth-order valence-electron chi connectivity index (χ4n) is 1.27. The lowest BCUT2D eigenvalue weighted by Gasteiger charge is -2.12. The Morgan fingerprint density at radius 2 is 2.31 bits per heavy atom. The zero-order valence-corrected chi connectivity index (χ0v) is 9.28. The molecule has 1 unspecified atom stereocenters. The second kappa shape index (κ2) is 5.08. The number of benzene rings is 1. The van der Waals surface area contributed by atoms with E-state index in [0.29, 0.717) is 17.0 Å². The summed E-state index contributed by atoms with van der Waals surface area (Å²) in [5, 5.41) is 2.63. The molecule has 0 aliphatic heterocycles. The van der Waals surface area contributed by atoms with Gasteiger partial charge in [0.25, 0.3) is 5.91 Å². The number of nitrogens with two attached hydrogens (primary N) is 1. The lowest BCUT2D eigenvalue weighted by Crippen LogP contribution is -2.32. The second-order valence-corrected chi connectivity index (χ2v) is 3.29. The zero-order chi connectivity index (χ0) is 12.1. The van der Waals surface area contributed by atoms with Crippen LogP contribution in [0.3, 0.4) is 0 Å². The van der Waals surface area contributed by atoms with Gasteiger partial charge in [-0.2, -0.15) is 0 Å². The summed E-state index contributed by atoms with van der Waals surface area (Å²) in [7, 11) is 1.48. The molecule has 0 spiro atoms. The van der Waals surface area contributed by atoms with Crippen LogP contribution < -0.4 is 15.8 Å². The number of terminal acetylenes is 1. The lowest BCUT2D eigenvalue weighted by molar-refractivity contribution is 0.0946. The van der Waals surface area contributed by atoms with E-state index in [2.05, 4.69) is 11.2 Å². The molecule has 16 heavy (non-hydrogen) atoms. The molecule has 84 valence electrons. The van der Waals surface area contributed by atoms with Crippen LogP contribution in [-0.4, -0.2) is 19.1 Å².